The summed E-state index contributed by atoms with van der Waals surface area (Å²) in [7, 11) is -3.42. The van der Waals surface area contributed by atoms with Crippen LogP contribution in [-0.2, 0) is 14.8 Å². The van der Waals surface area contributed by atoms with Crippen LogP contribution in [0.25, 0.3) is 0 Å². The lowest BCUT2D eigenvalue weighted by atomic mass is 9.92. The zero-order valence-corrected chi connectivity index (χ0v) is 17.4. The average molecular weight is 381 g/mol. The summed E-state index contributed by atoms with van der Waals surface area (Å²) < 4.78 is 25.8. The van der Waals surface area contributed by atoms with Gasteiger partial charge in [0.1, 0.15) is 0 Å². The van der Waals surface area contributed by atoms with Crippen LogP contribution in [0.3, 0.4) is 0 Å². The molecule has 1 aliphatic rings. The highest BCUT2D eigenvalue weighted by molar-refractivity contribution is 7.88. The summed E-state index contributed by atoms with van der Waals surface area (Å²) in [5.41, 5.74) is 3.00. The van der Waals surface area contributed by atoms with Crippen molar-refractivity contribution in [2.24, 2.45) is 0 Å². The van der Waals surface area contributed by atoms with Crippen LogP contribution in [0, 0.1) is 0 Å². The van der Waals surface area contributed by atoms with Gasteiger partial charge in [-0.1, -0.05) is 58.7 Å². The van der Waals surface area contributed by atoms with Gasteiger partial charge in [-0.25, -0.2) is 8.42 Å². The van der Waals surface area contributed by atoms with Gasteiger partial charge < -0.3 is 5.32 Å². The molecule has 0 heterocycles. The van der Waals surface area contributed by atoms with Crippen molar-refractivity contribution < 1.29 is 13.2 Å². The molecule has 2 rings (SSSR count). The molecule has 6 heteroatoms. The second kappa shape index (κ2) is 8.53. The number of hydrogen-bond donors (Lipinski definition) is 1. The average Bonchev–Trinajstić information content (AvgIpc) is 3.05. The Morgan fingerprint density at radius 2 is 1.62 bits per heavy atom. The van der Waals surface area contributed by atoms with E-state index in [1.54, 1.807) is 0 Å². The number of sulfonamides is 1. The van der Waals surface area contributed by atoms with E-state index in [1.165, 1.54) is 10.6 Å². The highest BCUT2D eigenvalue weighted by atomic mass is 32.2. The standard InChI is InChI=1S/C20H32N2O3S/c1-14(2)17-11-8-12-18(15(3)4)20(17)21-19(23)13-22(26(5,24)25)16-9-6-7-10-16/h8,11-12,14-16H,6-7,9-10,13H2,1-5H3,(H,21,23). The SMILES string of the molecule is CC(C)c1cccc(C(C)C)c1NC(=O)CN(C1CCCC1)S(C)(=O)=O. The summed E-state index contributed by atoms with van der Waals surface area (Å²) in [6.07, 6.45) is 4.90. The molecular formula is C20H32N2O3S. The first-order valence-corrected chi connectivity index (χ1v) is 11.4. The molecule has 0 atom stereocenters. The number of para-hydroxylation sites is 1. The Morgan fingerprint density at radius 1 is 1.12 bits per heavy atom. The number of hydrogen-bond acceptors (Lipinski definition) is 3. The molecule has 1 saturated carbocycles. The summed E-state index contributed by atoms with van der Waals surface area (Å²) in [4.78, 5) is 12.8. The highest BCUT2D eigenvalue weighted by Crippen LogP contribution is 2.32. The van der Waals surface area contributed by atoms with E-state index in [-0.39, 0.29) is 30.3 Å². The highest BCUT2D eigenvalue weighted by Gasteiger charge is 2.31. The zero-order chi connectivity index (χ0) is 19.5. The van der Waals surface area contributed by atoms with Crippen molar-refractivity contribution in [3.8, 4) is 0 Å². The van der Waals surface area contributed by atoms with Gasteiger partial charge in [0.15, 0.2) is 0 Å². The van der Waals surface area contributed by atoms with E-state index in [0.717, 1.165) is 42.5 Å². The normalized spacial score (nSPS) is 16.0. The van der Waals surface area contributed by atoms with Crippen LogP contribution in [0.2, 0.25) is 0 Å². The lowest BCUT2D eigenvalue weighted by molar-refractivity contribution is -0.116. The molecule has 0 bridgehead atoms. The van der Waals surface area contributed by atoms with Gasteiger partial charge in [-0.3, -0.25) is 4.79 Å². The number of benzene rings is 1. The lowest BCUT2D eigenvalue weighted by Crippen LogP contribution is -2.43. The van der Waals surface area contributed by atoms with Gasteiger partial charge >= 0.3 is 0 Å². The molecule has 146 valence electrons. The fourth-order valence-electron chi connectivity index (χ4n) is 3.73. The maximum Gasteiger partial charge on any atom is 0.239 e. The fourth-order valence-corrected chi connectivity index (χ4v) is 4.83. The van der Waals surface area contributed by atoms with Crippen LogP contribution in [0.5, 0.6) is 0 Å². The fraction of sp³-hybridized carbons (Fsp3) is 0.650. The van der Waals surface area contributed by atoms with Crippen molar-refractivity contribution in [1.82, 2.24) is 4.31 Å². The van der Waals surface area contributed by atoms with E-state index >= 15 is 0 Å². The molecule has 1 aromatic rings. The maximum atomic E-state index is 12.8. The van der Waals surface area contributed by atoms with E-state index in [9.17, 15) is 13.2 Å². The van der Waals surface area contributed by atoms with E-state index in [2.05, 4.69) is 33.0 Å². The van der Waals surface area contributed by atoms with Crippen molar-refractivity contribution in [2.75, 3.05) is 18.1 Å². The summed E-state index contributed by atoms with van der Waals surface area (Å²) >= 11 is 0. The minimum atomic E-state index is -3.42. The molecule has 1 N–H and O–H groups in total. The van der Waals surface area contributed by atoms with E-state index in [1.807, 2.05) is 18.2 Å². The minimum Gasteiger partial charge on any atom is -0.324 e. The second-order valence-corrected chi connectivity index (χ2v) is 9.85. The number of anilines is 1. The van der Waals surface area contributed by atoms with Crippen LogP contribution >= 0.6 is 0 Å². The van der Waals surface area contributed by atoms with E-state index in [0.29, 0.717) is 0 Å². The predicted octanol–water partition coefficient (Wildman–Crippen LogP) is 4.08. The third-order valence-electron chi connectivity index (χ3n) is 5.09. The van der Waals surface area contributed by atoms with Gasteiger partial charge in [0, 0.05) is 11.7 Å². The molecule has 1 aliphatic carbocycles. The molecule has 1 fully saturated rings. The maximum absolute atomic E-state index is 12.8. The number of rotatable bonds is 7. The first-order chi connectivity index (χ1) is 12.1. The third kappa shape index (κ3) is 5.07. The largest absolute Gasteiger partial charge is 0.324 e. The van der Waals surface area contributed by atoms with Gasteiger partial charge in [0.25, 0.3) is 0 Å². The number of amides is 1. The van der Waals surface area contributed by atoms with Crippen molar-refractivity contribution in [3.05, 3.63) is 29.3 Å². The molecule has 1 aromatic carbocycles. The smallest absolute Gasteiger partial charge is 0.239 e. The Kier molecular flexibility index (Phi) is 6.86. The summed E-state index contributed by atoms with van der Waals surface area (Å²) in [5, 5.41) is 3.02. The third-order valence-corrected chi connectivity index (χ3v) is 6.37. The predicted molar refractivity (Wildman–Crippen MR) is 107 cm³/mol. The first-order valence-electron chi connectivity index (χ1n) is 9.50. The Hall–Kier alpha value is -1.40. The summed E-state index contributed by atoms with van der Waals surface area (Å²) in [6, 6.07) is 6.01. The molecular weight excluding hydrogens is 348 g/mol. The van der Waals surface area contributed by atoms with E-state index < -0.39 is 10.0 Å². The van der Waals surface area contributed by atoms with Gasteiger partial charge in [0.05, 0.1) is 12.8 Å². The van der Waals surface area contributed by atoms with Crippen LogP contribution < -0.4 is 5.32 Å². The molecule has 0 unspecified atom stereocenters. The van der Waals surface area contributed by atoms with Crippen LogP contribution in [0.4, 0.5) is 5.69 Å². The van der Waals surface area contributed by atoms with Crippen molar-refractivity contribution in [3.63, 3.8) is 0 Å². The summed E-state index contributed by atoms with van der Waals surface area (Å²) in [6.45, 7) is 8.26. The quantitative estimate of drug-likeness (QED) is 0.775. The van der Waals surface area contributed by atoms with Gasteiger partial charge in [-0.2, -0.15) is 4.31 Å². The Balaban J connectivity index is 2.26. The second-order valence-electron chi connectivity index (χ2n) is 7.92. The summed E-state index contributed by atoms with van der Waals surface area (Å²) in [5.74, 6) is 0.270. The molecule has 5 nitrogen and oxygen atoms in total. The Morgan fingerprint density at radius 3 is 2.04 bits per heavy atom. The van der Waals surface area contributed by atoms with Crippen molar-refractivity contribution >= 4 is 21.6 Å². The van der Waals surface area contributed by atoms with E-state index in [4.69, 9.17) is 0 Å². The van der Waals surface area contributed by atoms with Crippen LogP contribution in [0.15, 0.2) is 18.2 Å². The molecule has 1 amide bonds. The lowest BCUT2D eigenvalue weighted by Gasteiger charge is -2.27. The first kappa shape index (κ1) is 20.9. The molecule has 26 heavy (non-hydrogen) atoms. The van der Waals surface area contributed by atoms with Gasteiger partial charge in [-0.05, 0) is 35.8 Å². The Bertz CT molecular complexity index is 709. The molecule has 0 spiro atoms. The van der Waals surface area contributed by atoms with Gasteiger partial charge in [-0.15, -0.1) is 0 Å². The number of nitrogens with zero attached hydrogens (tertiary/aromatic N) is 1. The molecule has 0 aliphatic heterocycles. The van der Waals surface area contributed by atoms with Gasteiger partial charge in [0.2, 0.25) is 15.9 Å². The van der Waals surface area contributed by atoms with Crippen LogP contribution in [0.1, 0.15) is 76.3 Å². The monoisotopic (exact) mass is 380 g/mol. The number of nitrogens with one attached hydrogen (secondary N) is 1. The minimum absolute atomic E-state index is 0.0549. The topological polar surface area (TPSA) is 66.5 Å². The van der Waals surface area contributed by atoms with Crippen molar-refractivity contribution in [1.29, 1.82) is 0 Å². The van der Waals surface area contributed by atoms with Crippen LogP contribution in [-0.4, -0.2) is 37.5 Å². The zero-order valence-electron chi connectivity index (χ0n) is 16.6. The number of carbonyl (C=O) groups is 1. The van der Waals surface area contributed by atoms with Crippen molar-refractivity contribution in [2.45, 2.75) is 71.3 Å². The molecule has 0 radical (unpaired) electrons. The molecule has 0 aromatic heterocycles. The molecule has 0 saturated heterocycles. The Labute approximate surface area is 158 Å². The number of carbonyl (C=O) groups excluding carboxylic acids is 1.